The van der Waals surface area contributed by atoms with Gasteiger partial charge in [0.2, 0.25) is 0 Å². The van der Waals surface area contributed by atoms with E-state index in [2.05, 4.69) is 17.9 Å². The van der Waals surface area contributed by atoms with Crippen molar-refractivity contribution in [1.29, 1.82) is 0 Å². The van der Waals surface area contributed by atoms with Gasteiger partial charge >= 0.3 is 5.97 Å². The molecule has 0 saturated carbocycles. The third kappa shape index (κ3) is 2.58. The van der Waals surface area contributed by atoms with Gasteiger partial charge in [-0.2, -0.15) is 0 Å². The SMILES string of the molecule is C=CC(C)C(C=C)C(=O)OC. The van der Waals surface area contributed by atoms with Crippen molar-refractivity contribution in [3.05, 3.63) is 25.3 Å². The van der Waals surface area contributed by atoms with Crippen LogP contribution >= 0.6 is 0 Å². The van der Waals surface area contributed by atoms with E-state index >= 15 is 0 Å². The highest BCUT2D eigenvalue weighted by atomic mass is 16.5. The van der Waals surface area contributed by atoms with Crippen LogP contribution in [-0.4, -0.2) is 13.1 Å². The number of esters is 1. The summed E-state index contributed by atoms with van der Waals surface area (Å²) in [6.45, 7) is 9.04. The zero-order valence-electron chi connectivity index (χ0n) is 7.04. The Hall–Kier alpha value is -1.05. The van der Waals surface area contributed by atoms with E-state index in [1.54, 1.807) is 12.2 Å². The Morgan fingerprint density at radius 2 is 2.00 bits per heavy atom. The molecule has 2 unspecified atom stereocenters. The summed E-state index contributed by atoms with van der Waals surface area (Å²) in [5.74, 6) is -0.440. The molecule has 0 bridgehead atoms. The number of rotatable bonds is 4. The van der Waals surface area contributed by atoms with Crippen LogP contribution in [0.5, 0.6) is 0 Å². The quantitative estimate of drug-likeness (QED) is 0.455. The normalized spacial score (nSPS) is 14.7. The Kier molecular flexibility index (Phi) is 4.27. The van der Waals surface area contributed by atoms with E-state index < -0.39 is 0 Å². The van der Waals surface area contributed by atoms with Crippen molar-refractivity contribution < 1.29 is 9.53 Å². The molecule has 0 amide bonds. The molecular weight excluding hydrogens is 140 g/mol. The first kappa shape index (κ1) is 9.95. The molecule has 0 rings (SSSR count). The maximum atomic E-state index is 11.0. The standard InChI is InChI=1S/C9H14O2/c1-5-7(3)8(6-2)9(10)11-4/h5-8H,1-2H2,3-4H3. The lowest BCUT2D eigenvalue weighted by Gasteiger charge is -2.13. The Balaban J connectivity index is 4.26. The highest BCUT2D eigenvalue weighted by molar-refractivity contribution is 5.74. The first-order valence-electron chi connectivity index (χ1n) is 3.50. The van der Waals surface area contributed by atoms with Gasteiger partial charge in [-0.1, -0.05) is 19.1 Å². The van der Waals surface area contributed by atoms with Gasteiger partial charge in [0, 0.05) is 0 Å². The van der Waals surface area contributed by atoms with E-state index in [0.717, 1.165) is 0 Å². The summed E-state index contributed by atoms with van der Waals surface area (Å²) in [5, 5.41) is 0. The van der Waals surface area contributed by atoms with Crippen molar-refractivity contribution in [1.82, 2.24) is 0 Å². The first-order valence-corrected chi connectivity index (χ1v) is 3.50. The van der Waals surface area contributed by atoms with E-state index in [0.29, 0.717) is 0 Å². The summed E-state index contributed by atoms with van der Waals surface area (Å²) >= 11 is 0. The van der Waals surface area contributed by atoms with Crippen LogP contribution in [0.25, 0.3) is 0 Å². The van der Waals surface area contributed by atoms with E-state index in [9.17, 15) is 4.79 Å². The van der Waals surface area contributed by atoms with Gasteiger partial charge in [-0.25, -0.2) is 0 Å². The van der Waals surface area contributed by atoms with E-state index in [-0.39, 0.29) is 17.8 Å². The Morgan fingerprint density at radius 3 is 2.27 bits per heavy atom. The molecule has 0 N–H and O–H groups in total. The second kappa shape index (κ2) is 4.72. The fraction of sp³-hybridized carbons (Fsp3) is 0.444. The van der Waals surface area contributed by atoms with E-state index in [1.165, 1.54) is 7.11 Å². The molecule has 2 atom stereocenters. The Morgan fingerprint density at radius 1 is 1.45 bits per heavy atom. The predicted octanol–water partition coefficient (Wildman–Crippen LogP) is 1.78. The molecule has 62 valence electrons. The molecule has 0 aliphatic rings. The fourth-order valence-corrected chi connectivity index (χ4v) is 0.808. The van der Waals surface area contributed by atoms with Gasteiger partial charge in [-0.15, -0.1) is 13.2 Å². The van der Waals surface area contributed by atoms with Crippen LogP contribution in [0.3, 0.4) is 0 Å². The molecule has 0 aromatic rings. The first-order chi connectivity index (χ1) is 5.17. The van der Waals surface area contributed by atoms with Gasteiger partial charge in [0.1, 0.15) is 0 Å². The Labute approximate surface area is 67.6 Å². The summed E-state index contributed by atoms with van der Waals surface area (Å²) in [6, 6.07) is 0. The molecule has 2 nitrogen and oxygen atoms in total. The number of allylic oxidation sites excluding steroid dienone is 1. The van der Waals surface area contributed by atoms with Crippen LogP contribution in [0.1, 0.15) is 6.92 Å². The highest BCUT2D eigenvalue weighted by Gasteiger charge is 2.19. The lowest BCUT2D eigenvalue weighted by atomic mass is 9.94. The summed E-state index contributed by atoms with van der Waals surface area (Å²) in [6.07, 6.45) is 3.29. The molecule has 0 fully saturated rings. The van der Waals surface area contributed by atoms with Crippen LogP contribution in [0.4, 0.5) is 0 Å². The fourth-order valence-electron chi connectivity index (χ4n) is 0.808. The van der Waals surface area contributed by atoms with Crippen molar-refractivity contribution in [2.24, 2.45) is 11.8 Å². The van der Waals surface area contributed by atoms with Crippen LogP contribution in [-0.2, 0) is 9.53 Å². The molecule has 0 aromatic carbocycles. The molecule has 0 heterocycles. The Bertz CT molecular complexity index is 161. The van der Waals surface area contributed by atoms with Crippen molar-refractivity contribution in [3.63, 3.8) is 0 Å². The number of hydrogen-bond acceptors (Lipinski definition) is 2. The summed E-state index contributed by atoms with van der Waals surface area (Å²) in [4.78, 5) is 11.0. The van der Waals surface area contributed by atoms with Gasteiger partial charge in [0.25, 0.3) is 0 Å². The van der Waals surface area contributed by atoms with Crippen LogP contribution in [0.15, 0.2) is 25.3 Å². The lowest BCUT2D eigenvalue weighted by molar-refractivity contribution is -0.144. The molecule has 0 saturated heterocycles. The zero-order valence-corrected chi connectivity index (χ0v) is 7.04. The molecule has 0 radical (unpaired) electrons. The smallest absolute Gasteiger partial charge is 0.313 e. The summed E-state index contributed by atoms with van der Waals surface area (Å²) in [5.41, 5.74) is 0. The molecule has 2 heteroatoms. The van der Waals surface area contributed by atoms with Crippen molar-refractivity contribution in [2.75, 3.05) is 7.11 Å². The van der Waals surface area contributed by atoms with Crippen molar-refractivity contribution in [2.45, 2.75) is 6.92 Å². The van der Waals surface area contributed by atoms with Gasteiger partial charge in [0.05, 0.1) is 13.0 Å². The maximum absolute atomic E-state index is 11.0. The highest BCUT2D eigenvalue weighted by Crippen LogP contribution is 2.14. The van der Waals surface area contributed by atoms with Crippen LogP contribution in [0, 0.1) is 11.8 Å². The number of hydrogen-bond donors (Lipinski definition) is 0. The second-order valence-electron chi connectivity index (χ2n) is 2.38. The summed E-state index contributed by atoms with van der Waals surface area (Å²) < 4.78 is 4.57. The van der Waals surface area contributed by atoms with Crippen molar-refractivity contribution >= 4 is 5.97 Å². The second-order valence-corrected chi connectivity index (χ2v) is 2.38. The number of methoxy groups -OCH3 is 1. The largest absolute Gasteiger partial charge is 0.469 e. The maximum Gasteiger partial charge on any atom is 0.313 e. The third-order valence-electron chi connectivity index (χ3n) is 1.67. The molecule has 0 aliphatic heterocycles. The summed E-state index contributed by atoms with van der Waals surface area (Å²) in [7, 11) is 1.37. The monoisotopic (exact) mass is 154 g/mol. The average Bonchev–Trinajstić information content (AvgIpc) is 2.05. The molecule has 0 spiro atoms. The lowest BCUT2D eigenvalue weighted by Crippen LogP contribution is -2.19. The minimum atomic E-state index is -0.266. The van der Waals surface area contributed by atoms with E-state index in [4.69, 9.17) is 0 Å². The predicted molar refractivity (Wildman–Crippen MR) is 45.1 cm³/mol. The molecule has 0 aliphatic carbocycles. The number of carbonyl (C=O) groups excluding carboxylic acids is 1. The topological polar surface area (TPSA) is 26.3 Å². The van der Waals surface area contributed by atoms with E-state index in [1.807, 2.05) is 6.92 Å². The average molecular weight is 154 g/mol. The molecular formula is C9H14O2. The van der Waals surface area contributed by atoms with Gasteiger partial charge < -0.3 is 4.74 Å². The van der Waals surface area contributed by atoms with Crippen LogP contribution < -0.4 is 0 Å². The van der Waals surface area contributed by atoms with Crippen LogP contribution in [0.2, 0.25) is 0 Å². The van der Waals surface area contributed by atoms with Gasteiger partial charge in [0.15, 0.2) is 0 Å². The molecule has 0 aromatic heterocycles. The van der Waals surface area contributed by atoms with Crippen molar-refractivity contribution in [3.8, 4) is 0 Å². The minimum Gasteiger partial charge on any atom is -0.469 e. The molecule has 11 heavy (non-hydrogen) atoms. The number of ether oxygens (including phenoxy) is 1. The van der Waals surface area contributed by atoms with Gasteiger partial charge in [-0.3, -0.25) is 4.79 Å². The third-order valence-corrected chi connectivity index (χ3v) is 1.67. The number of carbonyl (C=O) groups is 1. The minimum absolute atomic E-state index is 0.0833. The zero-order chi connectivity index (χ0) is 8.85. The van der Waals surface area contributed by atoms with Gasteiger partial charge in [-0.05, 0) is 5.92 Å².